The van der Waals surface area contributed by atoms with Gasteiger partial charge in [-0.15, -0.1) is 0 Å². The van der Waals surface area contributed by atoms with E-state index in [0.717, 1.165) is 4.90 Å². The van der Waals surface area contributed by atoms with Crippen LogP contribution in [0.2, 0.25) is 0 Å². The van der Waals surface area contributed by atoms with Gasteiger partial charge in [0.15, 0.2) is 0 Å². The molecule has 2 aromatic carbocycles. The van der Waals surface area contributed by atoms with Gasteiger partial charge in [0.2, 0.25) is 0 Å². The first kappa shape index (κ1) is 23.5. The fourth-order valence-electron chi connectivity index (χ4n) is 3.60. The molecule has 0 atom stereocenters. The number of carbonyl (C=O) groups excluding carboxylic acids is 1. The third kappa shape index (κ3) is 4.66. The number of hydrogen-bond donors (Lipinski definition) is 1. The third-order valence-electron chi connectivity index (χ3n) is 5.31. The van der Waals surface area contributed by atoms with Crippen LogP contribution in [-0.2, 0) is 25.3 Å². The molecule has 1 aliphatic heterocycles. The van der Waals surface area contributed by atoms with Crippen molar-refractivity contribution in [2.24, 2.45) is 0 Å². The molecule has 1 amide bonds. The summed E-state index contributed by atoms with van der Waals surface area (Å²) in [5.41, 5.74) is -3.80. The van der Waals surface area contributed by atoms with E-state index in [0.29, 0.717) is 23.4 Å². The van der Waals surface area contributed by atoms with Crippen LogP contribution in [0.25, 0.3) is 11.4 Å². The van der Waals surface area contributed by atoms with Gasteiger partial charge in [0.25, 0.3) is 11.5 Å². The summed E-state index contributed by atoms with van der Waals surface area (Å²) >= 11 is 0. The monoisotopic (exact) mass is 485 g/mol. The molecule has 5 nitrogen and oxygen atoms in total. The van der Waals surface area contributed by atoms with E-state index in [1.807, 2.05) is 0 Å². The van der Waals surface area contributed by atoms with Crippen molar-refractivity contribution in [2.45, 2.75) is 25.3 Å². The van der Waals surface area contributed by atoms with Gasteiger partial charge in [-0.1, -0.05) is 0 Å². The molecule has 1 aromatic heterocycles. The third-order valence-corrected chi connectivity index (χ3v) is 5.31. The largest absolute Gasteiger partial charge is 0.416 e. The van der Waals surface area contributed by atoms with E-state index in [-0.39, 0.29) is 37.0 Å². The number of rotatable bonds is 2. The number of aromatic nitrogens is 2. The van der Waals surface area contributed by atoms with Gasteiger partial charge < -0.3 is 9.88 Å². The molecule has 0 saturated carbocycles. The zero-order valence-corrected chi connectivity index (χ0v) is 17.0. The standard InChI is InChI=1S/C22H14F7N3O2/c23-15-3-1-11(2-4-15)18-30-17-5-6-32(10-16(17)19(33)31-18)20(34)12-7-13(21(24,25)26)9-14(8-12)22(27,28)29/h1-4,7-9H,5-6,10H2,(H,30,31,33). The summed E-state index contributed by atoms with van der Waals surface area (Å²) in [5.74, 6) is -1.40. The van der Waals surface area contributed by atoms with E-state index >= 15 is 0 Å². The maximum atomic E-state index is 13.1. The van der Waals surface area contributed by atoms with Crippen LogP contribution in [0.15, 0.2) is 47.3 Å². The van der Waals surface area contributed by atoms with Gasteiger partial charge in [-0.3, -0.25) is 9.59 Å². The van der Waals surface area contributed by atoms with Crippen molar-refractivity contribution in [3.8, 4) is 11.4 Å². The van der Waals surface area contributed by atoms with Crippen molar-refractivity contribution in [3.63, 3.8) is 0 Å². The molecule has 2 heterocycles. The summed E-state index contributed by atoms with van der Waals surface area (Å²) in [5, 5.41) is 0. The number of nitrogens with zero attached hydrogens (tertiary/aromatic N) is 2. The van der Waals surface area contributed by atoms with Gasteiger partial charge >= 0.3 is 12.4 Å². The number of amides is 1. The minimum atomic E-state index is -5.09. The predicted octanol–water partition coefficient (Wildman–Crippen LogP) is 4.81. The molecule has 1 N–H and O–H groups in total. The van der Waals surface area contributed by atoms with Crippen LogP contribution in [0, 0.1) is 5.82 Å². The van der Waals surface area contributed by atoms with Crippen molar-refractivity contribution in [3.05, 3.63) is 86.6 Å². The summed E-state index contributed by atoms with van der Waals surface area (Å²) in [6.07, 6.45) is -10.1. The highest BCUT2D eigenvalue weighted by Gasteiger charge is 2.38. The molecule has 34 heavy (non-hydrogen) atoms. The number of aromatic amines is 1. The van der Waals surface area contributed by atoms with Crippen LogP contribution < -0.4 is 5.56 Å². The molecule has 0 fully saturated rings. The molecule has 0 unspecified atom stereocenters. The van der Waals surface area contributed by atoms with Gasteiger partial charge in [-0.05, 0) is 42.5 Å². The normalized spacial score (nSPS) is 14.1. The molecule has 0 spiro atoms. The zero-order chi connectivity index (χ0) is 24.8. The molecule has 0 radical (unpaired) electrons. The van der Waals surface area contributed by atoms with E-state index in [1.54, 1.807) is 0 Å². The fourth-order valence-corrected chi connectivity index (χ4v) is 3.60. The lowest BCUT2D eigenvalue weighted by Crippen LogP contribution is -2.39. The maximum absolute atomic E-state index is 13.1. The lowest BCUT2D eigenvalue weighted by molar-refractivity contribution is -0.143. The maximum Gasteiger partial charge on any atom is 0.416 e. The lowest BCUT2D eigenvalue weighted by atomic mass is 10.0. The Morgan fingerprint density at radius 3 is 2.09 bits per heavy atom. The number of hydrogen-bond acceptors (Lipinski definition) is 3. The first-order valence-electron chi connectivity index (χ1n) is 9.79. The van der Waals surface area contributed by atoms with Gasteiger partial charge in [-0.2, -0.15) is 26.3 Å². The average molecular weight is 485 g/mol. The average Bonchev–Trinajstić information content (AvgIpc) is 2.77. The van der Waals surface area contributed by atoms with Gasteiger partial charge in [-0.25, -0.2) is 9.37 Å². The molecule has 0 saturated heterocycles. The highest BCUT2D eigenvalue weighted by Crippen LogP contribution is 2.36. The predicted molar refractivity (Wildman–Crippen MR) is 105 cm³/mol. The summed E-state index contributed by atoms with van der Waals surface area (Å²) in [6, 6.07) is 5.82. The molecule has 0 bridgehead atoms. The topological polar surface area (TPSA) is 66.1 Å². The minimum absolute atomic E-state index is 0.0459. The number of H-pyrrole nitrogens is 1. The van der Waals surface area contributed by atoms with Crippen molar-refractivity contribution >= 4 is 5.91 Å². The van der Waals surface area contributed by atoms with E-state index in [9.17, 15) is 40.3 Å². The Balaban J connectivity index is 1.66. The summed E-state index contributed by atoms with van der Waals surface area (Å²) in [4.78, 5) is 33.2. The molecule has 178 valence electrons. The Morgan fingerprint density at radius 1 is 0.941 bits per heavy atom. The van der Waals surface area contributed by atoms with Gasteiger partial charge in [0.05, 0.1) is 28.9 Å². The van der Waals surface area contributed by atoms with E-state index in [4.69, 9.17) is 0 Å². The number of alkyl halides is 6. The number of benzene rings is 2. The Morgan fingerprint density at radius 2 is 1.53 bits per heavy atom. The summed E-state index contributed by atoms with van der Waals surface area (Å²) < 4.78 is 91.9. The van der Waals surface area contributed by atoms with Crippen LogP contribution in [0.4, 0.5) is 30.7 Å². The smallest absolute Gasteiger partial charge is 0.334 e. The van der Waals surface area contributed by atoms with Crippen LogP contribution in [0.3, 0.4) is 0 Å². The molecular weight excluding hydrogens is 471 g/mol. The Bertz CT molecular complexity index is 1280. The molecule has 4 rings (SSSR count). The van der Waals surface area contributed by atoms with Crippen molar-refractivity contribution in [1.29, 1.82) is 0 Å². The van der Waals surface area contributed by atoms with Crippen LogP contribution >= 0.6 is 0 Å². The van der Waals surface area contributed by atoms with Gasteiger partial charge in [0.1, 0.15) is 11.6 Å². The van der Waals surface area contributed by atoms with E-state index in [2.05, 4.69) is 9.97 Å². The molecule has 12 heteroatoms. The highest BCUT2D eigenvalue weighted by atomic mass is 19.4. The number of nitrogens with one attached hydrogen (secondary N) is 1. The van der Waals surface area contributed by atoms with Crippen molar-refractivity contribution in [1.82, 2.24) is 14.9 Å². The lowest BCUT2D eigenvalue weighted by Gasteiger charge is -2.28. The van der Waals surface area contributed by atoms with Crippen LogP contribution in [0.5, 0.6) is 0 Å². The van der Waals surface area contributed by atoms with Gasteiger partial charge in [0, 0.05) is 24.1 Å². The summed E-state index contributed by atoms with van der Waals surface area (Å²) in [7, 11) is 0. The minimum Gasteiger partial charge on any atom is -0.334 e. The molecule has 0 aliphatic carbocycles. The second-order valence-electron chi connectivity index (χ2n) is 7.62. The van der Waals surface area contributed by atoms with E-state index < -0.39 is 46.3 Å². The SMILES string of the molecule is O=C(c1cc(C(F)(F)F)cc(C(F)(F)F)c1)N1CCc2nc(-c3ccc(F)cc3)[nH]c(=O)c2C1. The quantitative estimate of drug-likeness (QED) is 0.530. The fraction of sp³-hybridized carbons (Fsp3) is 0.227. The number of halogens is 7. The molecule has 1 aliphatic rings. The van der Waals surface area contributed by atoms with Crippen LogP contribution in [0.1, 0.15) is 32.7 Å². The van der Waals surface area contributed by atoms with E-state index in [1.165, 1.54) is 24.3 Å². The second-order valence-corrected chi connectivity index (χ2v) is 7.62. The molecular formula is C22H14F7N3O2. The Hall–Kier alpha value is -3.70. The first-order valence-corrected chi connectivity index (χ1v) is 9.79. The van der Waals surface area contributed by atoms with Crippen molar-refractivity contribution in [2.75, 3.05) is 6.54 Å². The first-order chi connectivity index (χ1) is 15.8. The molecule has 3 aromatic rings. The number of carbonyl (C=O) groups is 1. The summed E-state index contributed by atoms with van der Waals surface area (Å²) in [6.45, 7) is -0.430. The Kier molecular flexibility index (Phi) is 5.70. The zero-order valence-electron chi connectivity index (χ0n) is 17.0. The van der Waals surface area contributed by atoms with Crippen molar-refractivity contribution < 1.29 is 35.5 Å². The number of fused-ring (bicyclic) bond motifs is 1. The van der Waals surface area contributed by atoms with Crippen LogP contribution in [-0.4, -0.2) is 27.3 Å². The highest BCUT2D eigenvalue weighted by molar-refractivity contribution is 5.94. The Labute approximate surface area is 186 Å². The second kappa shape index (κ2) is 8.26.